The molecule has 156 valence electrons. The summed E-state index contributed by atoms with van der Waals surface area (Å²) < 4.78 is 11.3. The Morgan fingerprint density at radius 1 is 0.844 bits per heavy atom. The predicted molar refractivity (Wildman–Crippen MR) is 125 cm³/mol. The van der Waals surface area contributed by atoms with E-state index in [-0.39, 0.29) is 5.91 Å². The van der Waals surface area contributed by atoms with Crippen molar-refractivity contribution in [3.63, 3.8) is 0 Å². The number of carbonyl (C=O) groups is 1. The summed E-state index contributed by atoms with van der Waals surface area (Å²) in [6, 6.07) is 29.3. The largest absolute Gasteiger partial charge is 0.457 e. The molecule has 6 heteroatoms. The van der Waals surface area contributed by atoms with Gasteiger partial charge < -0.3 is 14.6 Å². The Labute approximate surface area is 189 Å². The molecular weight excluding hydrogens is 424 g/mol. The maximum absolute atomic E-state index is 12.8. The number of hydrogen-bond donors (Lipinski definition) is 1. The van der Waals surface area contributed by atoms with Crippen molar-refractivity contribution in [2.45, 2.75) is 0 Å². The molecule has 1 heterocycles. The summed E-state index contributed by atoms with van der Waals surface area (Å²) in [4.78, 5) is 12.8. The number of amides is 1. The van der Waals surface area contributed by atoms with Crippen LogP contribution in [0.2, 0.25) is 5.02 Å². The predicted octanol–water partition coefficient (Wildman–Crippen LogP) is 7.19. The molecule has 5 aromatic rings. The smallest absolute Gasteiger partial charge is 0.255 e. The molecule has 0 saturated heterocycles. The summed E-state index contributed by atoms with van der Waals surface area (Å²) in [5.74, 6) is 1.75. The van der Waals surface area contributed by atoms with E-state index in [2.05, 4.69) is 10.5 Å². The molecule has 4 aromatic carbocycles. The number of nitrogens with one attached hydrogen (secondary N) is 1. The summed E-state index contributed by atoms with van der Waals surface area (Å²) in [6.45, 7) is 0. The third-order valence-corrected chi connectivity index (χ3v) is 5.19. The quantitative estimate of drug-likeness (QED) is 0.314. The number of nitrogens with zero attached hydrogens (tertiary/aromatic N) is 1. The number of halogens is 1. The highest BCUT2D eigenvalue weighted by Gasteiger charge is 2.14. The van der Waals surface area contributed by atoms with Crippen molar-refractivity contribution in [1.82, 2.24) is 5.16 Å². The molecule has 0 saturated carbocycles. The van der Waals surface area contributed by atoms with Gasteiger partial charge in [0.15, 0.2) is 5.76 Å². The maximum atomic E-state index is 12.8. The van der Waals surface area contributed by atoms with Crippen LogP contribution in [0.4, 0.5) is 5.69 Å². The van der Waals surface area contributed by atoms with Crippen LogP contribution >= 0.6 is 11.6 Å². The molecule has 0 bridgehead atoms. The maximum Gasteiger partial charge on any atom is 0.255 e. The van der Waals surface area contributed by atoms with Crippen molar-refractivity contribution >= 4 is 34.1 Å². The van der Waals surface area contributed by atoms with Crippen molar-refractivity contribution in [3.05, 3.63) is 108 Å². The first-order valence-electron chi connectivity index (χ1n) is 9.95. The van der Waals surface area contributed by atoms with E-state index < -0.39 is 0 Å². The van der Waals surface area contributed by atoms with Crippen molar-refractivity contribution < 1.29 is 14.1 Å². The molecule has 32 heavy (non-hydrogen) atoms. The fourth-order valence-electron chi connectivity index (χ4n) is 3.33. The minimum atomic E-state index is -0.224. The number of ether oxygens (including phenoxy) is 1. The van der Waals surface area contributed by atoms with Crippen molar-refractivity contribution in [2.75, 3.05) is 5.32 Å². The van der Waals surface area contributed by atoms with Gasteiger partial charge in [-0.15, -0.1) is 0 Å². The van der Waals surface area contributed by atoms with Gasteiger partial charge in [0.05, 0.1) is 5.39 Å². The van der Waals surface area contributed by atoms with Crippen LogP contribution < -0.4 is 10.1 Å². The van der Waals surface area contributed by atoms with Crippen LogP contribution in [0.3, 0.4) is 0 Å². The summed E-state index contributed by atoms with van der Waals surface area (Å²) in [5, 5.41) is 8.45. The molecule has 1 N–H and O–H groups in total. The van der Waals surface area contributed by atoms with Gasteiger partial charge in [-0.25, -0.2) is 0 Å². The second-order valence-corrected chi connectivity index (χ2v) is 7.58. The summed E-state index contributed by atoms with van der Waals surface area (Å²) in [5.41, 5.74) is 2.78. The number of hydrogen-bond acceptors (Lipinski definition) is 4. The molecule has 0 aliphatic rings. The van der Waals surface area contributed by atoms with E-state index in [1.807, 2.05) is 30.3 Å². The van der Waals surface area contributed by atoms with Crippen LogP contribution in [-0.2, 0) is 0 Å². The lowest BCUT2D eigenvalue weighted by atomic mass is 10.1. The van der Waals surface area contributed by atoms with E-state index in [1.54, 1.807) is 66.7 Å². The zero-order valence-electron chi connectivity index (χ0n) is 16.8. The lowest BCUT2D eigenvalue weighted by Gasteiger charge is -2.08. The van der Waals surface area contributed by atoms with Gasteiger partial charge in [0.25, 0.3) is 5.91 Å². The summed E-state index contributed by atoms with van der Waals surface area (Å²) in [6.07, 6.45) is 0. The molecule has 1 aromatic heterocycles. The average molecular weight is 441 g/mol. The van der Waals surface area contributed by atoms with Gasteiger partial charge in [0.1, 0.15) is 17.0 Å². The first-order chi connectivity index (χ1) is 15.7. The summed E-state index contributed by atoms with van der Waals surface area (Å²) in [7, 11) is 0. The third-order valence-electron chi connectivity index (χ3n) is 4.94. The van der Waals surface area contributed by atoms with E-state index >= 15 is 0 Å². The van der Waals surface area contributed by atoms with Gasteiger partial charge in [-0.05, 0) is 66.7 Å². The number of anilines is 1. The molecule has 1 amide bonds. The molecular formula is C26H17ClN2O3. The highest BCUT2D eigenvalue weighted by molar-refractivity contribution is 6.30. The monoisotopic (exact) mass is 440 g/mol. The Morgan fingerprint density at radius 2 is 1.53 bits per heavy atom. The van der Waals surface area contributed by atoms with Crippen LogP contribution in [0.25, 0.3) is 22.2 Å². The zero-order chi connectivity index (χ0) is 21.9. The molecule has 0 spiro atoms. The van der Waals surface area contributed by atoms with Gasteiger partial charge in [0, 0.05) is 21.8 Å². The van der Waals surface area contributed by atoms with Crippen molar-refractivity contribution in [1.29, 1.82) is 0 Å². The molecule has 0 radical (unpaired) electrons. The minimum absolute atomic E-state index is 0.224. The van der Waals surface area contributed by atoms with Crippen LogP contribution in [0, 0.1) is 0 Å². The van der Waals surface area contributed by atoms with Gasteiger partial charge in [-0.1, -0.05) is 47.1 Å². The van der Waals surface area contributed by atoms with Crippen LogP contribution in [0.15, 0.2) is 102 Å². The highest BCUT2D eigenvalue weighted by Crippen LogP contribution is 2.30. The zero-order valence-corrected chi connectivity index (χ0v) is 17.5. The van der Waals surface area contributed by atoms with E-state index in [9.17, 15) is 4.79 Å². The SMILES string of the molecule is O=C(Nc1ccc(Oc2ccc(Cl)cc2)cc1)c1ccc2noc(-c3ccccc3)c2c1. The van der Waals surface area contributed by atoms with E-state index in [0.717, 1.165) is 10.9 Å². The Hall–Kier alpha value is -4.09. The van der Waals surface area contributed by atoms with Gasteiger partial charge in [-0.2, -0.15) is 0 Å². The molecule has 5 nitrogen and oxygen atoms in total. The molecule has 0 aliphatic carbocycles. The van der Waals surface area contributed by atoms with Crippen LogP contribution in [0.1, 0.15) is 10.4 Å². The number of benzene rings is 4. The Balaban J connectivity index is 1.33. The van der Waals surface area contributed by atoms with Crippen LogP contribution in [0.5, 0.6) is 11.5 Å². The lowest BCUT2D eigenvalue weighted by molar-refractivity contribution is 0.102. The van der Waals surface area contributed by atoms with Crippen molar-refractivity contribution in [3.8, 4) is 22.8 Å². The first kappa shape index (κ1) is 19.8. The van der Waals surface area contributed by atoms with E-state index in [0.29, 0.717) is 39.0 Å². The van der Waals surface area contributed by atoms with Gasteiger partial charge in [-0.3, -0.25) is 4.79 Å². The van der Waals surface area contributed by atoms with Gasteiger partial charge >= 0.3 is 0 Å². The van der Waals surface area contributed by atoms with E-state index in [4.69, 9.17) is 20.9 Å². The van der Waals surface area contributed by atoms with E-state index in [1.165, 1.54) is 0 Å². The molecule has 0 unspecified atom stereocenters. The number of fused-ring (bicyclic) bond motifs is 1. The second-order valence-electron chi connectivity index (χ2n) is 7.14. The number of aromatic nitrogens is 1. The summed E-state index contributed by atoms with van der Waals surface area (Å²) >= 11 is 5.90. The molecule has 5 rings (SSSR count). The minimum Gasteiger partial charge on any atom is -0.457 e. The fourth-order valence-corrected chi connectivity index (χ4v) is 3.45. The highest BCUT2D eigenvalue weighted by atomic mass is 35.5. The molecule has 0 atom stereocenters. The Morgan fingerprint density at radius 3 is 2.25 bits per heavy atom. The molecule has 0 aliphatic heterocycles. The van der Waals surface area contributed by atoms with Crippen LogP contribution in [-0.4, -0.2) is 11.1 Å². The Bertz CT molecular complexity index is 1380. The topological polar surface area (TPSA) is 64.4 Å². The Kier molecular flexibility index (Phi) is 5.32. The standard InChI is InChI=1S/C26H17ClN2O3/c27-19-7-11-21(12-8-19)31-22-13-9-20(10-14-22)28-26(30)18-6-15-24-23(16-18)25(32-29-24)17-4-2-1-3-5-17/h1-16H,(H,28,30). The lowest BCUT2D eigenvalue weighted by Crippen LogP contribution is -2.11. The number of carbonyl (C=O) groups excluding carboxylic acids is 1. The molecule has 0 fully saturated rings. The third kappa shape index (κ3) is 4.19. The van der Waals surface area contributed by atoms with Crippen molar-refractivity contribution in [2.24, 2.45) is 0 Å². The average Bonchev–Trinajstić information content (AvgIpc) is 3.26. The normalized spacial score (nSPS) is 10.8. The second kappa shape index (κ2) is 8.57. The fraction of sp³-hybridized carbons (Fsp3) is 0. The van der Waals surface area contributed by atoms with Gasteiger partial charge in [0.2, 0.25) is 0 Å². The first-order valence-corrected chi connectivity index (χ1v) is 10.3. The number of rotatable bonds is 5.